The molecule has 0 bridgehead atoms. The molecule has 0 amide bonds. The highest BCUT2D eigenvalue weighted by Crippen LogP contribution is 2.36. The van der Waals surface area contributed by atoms with Gasteiger partial charge in [0.1, 0.15) is 22.5 Å². The Morgan fingerprint density at radius 3 is 2.32 bits per heavy atom. The van der Waals surface area contributed by atoms with E-state index in [2.05, 4.69) is 14.4 Å². The molecule has 0 spiro atoms. The van der Waals surface area contributed by atoms with Crippen LogP contribution in [0.2, 0.25) is 0 Å². The van der Waals surface area contributed by atoms with Crippen LogP contribution in [0.15, 0.2) is 41.3 Å². The van der Waals surface area contributed by atoms with E-state index in [1.807, 2.05) is 26.0 Å². The average Bonchev–Trinajstić information content (AvgIpc) is 3.04. The lowest BCUT2D eigenvalue weighted by atomic mass is 9.97. The lowest BCUT2D eigenvalue weighted by molar-refractivity contribution is 0.397. The first-order valence-corrected chi connectivity index (χ1v) is 9.28. The largest absolute Gasteiger partial charge is 0.505 e. The maximum Gasteiger partial charge on any atom is 0.296 e. The topological polar surface area (TPSA) is 94.3 Å². The van der Waals surface area contributed by atoms with E-state index >= 15 is 0 Å². The highest BCUT2D eigenvalue weighted by atomic mass is 32.2. The van der Waals surface area contributed by atoms with E-state index in [4.69, 9.17) is 0 Å². The molecule has 0 aliphatic heterocycles. The quantitative estimate of drug-likeness (QED) is 0.702. The van der Waals surface area contributed by atoms with E-state index in [9.17, 15) is 13.5 Å². The smallest absolute Gasteiger partial charge is 0.296 e. The van der Waals surface area contributed by atoms with Crippen molar-refractivity contribution in [3.63, 3.8) is 0 Å². The van der Waals surface area contributed by atoms with Crippen LogP contribution in [-0.2, 0) is 14.3 Å². The standard InChI is InChI=1S/C17H19N3O4S/c1-4-11(2)13-9-12(25(22,23)24-3)10-16(17(13)21)20-18-14-7-5-6-8-15(14)19-20/h5-11,21H,4H2,1-3H3. The summed E-state index contributed by atoms with van der Waals surface area (Å²) >= 11 is 0. The van der Waals surface area contributed by atoms with Crippen molar-refractivity contribution >= 4 is 21.2 Å². The molecule has 0 aliphatic rings. The van der Waals surface area contributed by atoms with Gasteiger partial charge in [0.15, 0.2) is 0 Å². The van der Waals surface area contributed by atoms with Gasteiger partial charge in [-0.05, 0) is 36.6 Å². The Balaban J connectivity index is 2.29. The second-order valence-electron chi connectivity index (χ2n) is 5.79. The van der Waals surface area contributed by atoms with Gasteiger partial charge in [0, 0.05) is 5.56 Å². The second kappa shape index (κ2) is 6.45. The lowest BCUT2D eigenvalue weighted by Gasteiger charge is -2.16. The zero-order chi connectivity index (χ0) is 18.2. The minimum atomic E-state index is -3.92. The summed E-state index contributed by atoms with van der Waals surface area (Å²) < 4.78 is 29.0. The molecule has 3 aromatic rings. The van der Waals surface area contributed by atoms with Crippen LogP contribution in [0.4, 0.5) is 0 Å². The van der Waals surface area contributed by atoms with Crippen LogP contribution in [0.3, 0.4) is 0 Å². The molecule has 132 valence electrons. The Kier molecular flexibility index (Phi) is 4.49. The Bertz CT molecular complexity index is 995. The molecule has 8 heteroatoms. The van der Waals surface area contributed by atoms with Gasteiger partial charge in [0.05, 0.1) is 12.0 Å². The molecule has 1 unspecified atom stereocenters. The van der Waals surface area contributed by atoms with Gasteiger partial charge in [-0.3, -0.25) is 4.18 Å². The highest BCUT2D eigenvalue weighted by Gasteiger charge is 2.23. The van der Waals surface area contributed by atoms with Crippen molar-refractivity contribution in [2.75, 3.05) is 7.11 Å². The fourth-order valence-electron chi connectivity index (χ4n) is 2.57. The summed E-state index contributed by atoms with van der Waals surface area (Å²) in [4.78, 5) is 1.21. The van der Waals surface area contributed by atoms with Crippen molar-refractivity contribution in [1.29, 1.82) is 0 Å². The second-order valence-corrected chi connectivity index (χ2v) is 7.50. The first-order valence-electron chi connectivity index (χ1n) is 7.87. The third-order valence-corrected chi connectivity index (χ3v) is 5.50. The van der Waals surface area contributed by atoms with Crippen LogP contribution < -0.4 is 0 Å². The maximum atomic E-state index is 12.2. The number of rotatable bonds is 5. The van der Waals surface area contributed by atoms with Crippen LogP contribution in [0.1, 0.15) is 31.7 Å². The van der Waals surface area contributed by atoms with Crippen LogP contribution in [0.25, 0.3) is 16.7 Å². The number of aromatic nitrogens is 3. The zero-order valence-electron chi connectivity index (χ0n) is 14.2. The Hall–Kier alpha value is -2.45. The molecule has 1 atom stereocenters. The van der Waals surface area contributed by atoms with Crippen LogP contribution in [-0.4, -0.2) is 35.6 Å². The third kappa shape index (κ3) is 3.10. The normalized spacial score (nSPS) is 13.2. The van der Waals surface area contributed by atoms with Crippen molar-refractivity contribution in [3.8, 4) is 11.4 Å². The van der Waals surface area contributed by atoms with Crippen molar-refractivity contribution in [2.24, 2.45) is 0 Å². The summed E-state index contributed by atoms with van der Waals surface area (Å²) in [6.07, 6.45) is 0.734. The molecule has 3 rings (SSSR count). The molecule has 0 saturated heterocycles. The van der Waals surface area contributed by atoms with E-state index in [0.29, 0.717) is 16.6 Å². The molecule has 7 nitrogen and oxygen atoms in total. The number of nitrogens with zero attached hydrogens (tertiary/aromatic N) is 3. The predicted octanol–water partition coefficient (Wildman–Crippen LogP) is 2.97. The summed E-state index contributed by atoms with van der Waals surface area (Å²) in [5, 5.41) is 19.4. The summed E-state index contributed by atoms with van der Waals surface area (Å²) in [6, 6.07) is 10.0. The highest BCUT2D eigenvalue weighted by molar-refractivity contribution is 7.86. The van der Waals surface area contributed by atoms with Gasteiger partial charge in [-0.1, -0.05) is 26.0 Å². The lowest BCUT2D eigenvalue weighted by Crippen LogP contribution is -2.08. The fourth-order valence-corrected chi connectivity index (χ4v) is 3.29. The fraction of sp³-hybridized carbons (Fsp3) is 0.294. The molecule has 1 heterocycles. The minimum absolute atomic E-state index is 0.0373. The number of aromatic hydroxyl groups is 1. The van der Waals surface area contributed by atoms with Crippen molar-refractivity contribution in [1.82, 2.24) is 15.0 Å². The summed E-state index contributed by atoms with van der Waals surface area (Å²) in [7, 11) is -2.82. The van der Waals surface area contributed by atoms with E-state index < -0.39 is 10.1 Å². The maximum absolute atomic E-state index is 12.2. The van der Waals surface area contributed by atoms with Crippen LogP contribution >= 0.6 is 0 Å². The minimum Gasteiger partial charge on any atom is -0.505 e. The first kappa shape index (κ1) is 17.4. The molecule has 0 saturated carbocycles. The van der Waals surface area contributed by atoms with Crippen molar-refractivity contribution in [2.45, 2.75) is 31.1 Å². The molecular weight excluding hydrogens is 342 g/mol. The molecule has 2 aromatic carbocycles. The Labute approximate surface area is 146 Å². The van der Waals surface area contributed by atoms with Gasteiger partial charge in [-0.15, -0.1) is 15.0 Å². The van der Waals surface area contributed by atoms with Gasteiger partial charge in [0.25, 0.3) is 10.1 Å². The van der Waals surface area contributed by atoms with E-state index in [-0.39, 0.29) is 22.3 Å². The number of benzene rings is 2. The number of phenolic OH excluding ortho intramolecular Hbond substituents is 1. The van der Waals surface area contributed by atoms with E-state index in [1.54, 1.807) is 12.1 Å². The molecular formula is C17H19N3O4S. The predicted molar refractivity (Wildman–Crippen MR) is 93.4 cm³/mol. The van der Waals surface area contributed by atoms with Crippen molar-refractivity contribution < 1.29 is 17.7 Å². The summed E-state index contributed by atoms with van der Waals surface area (Å²) in [5.74, 6) is -0.0829. The van der Waals surface area contributed by atoms with Crippen molar-refractivity contribution in [3.05, 3.63) is 42.0 Å². The zero-order valence-corrected chi connectivity index (χ0v) is 15.0. The van der Waals surface area contributed by atoms with Crippen LogP contribution in [0.5, 0.6) is 5.75 Å². The monoisotopic (exact) mass is 361 g/mol. The summed E-state index contributed by atoms with van der Waals surface area (Å²) in [6.45, 7) is 3.87. The number of hydrogen-bond acceptors (Lipinski definition) is 6. The number of phenols is 1. The van der Waals surface area contributed by atoms with E-state index in [0.717, 1.165) is 13.5 Å². The Morgan fingerprint density at radius 1 is 1.20 bits per heavy atom. The first-order chi connectivity index (χ1) is 11.9. The van der Waals surface area contributed by atoms with Gasteiger partial charge in [-0.25, -0.2) is 0 Å². The molecule has 0 fully saturated rings. The molecule has 1 aromatic heterocycles. The summed E-state index contributed by atoms with van der Waals surface area (Å²) in [5.41, 5.74) is 2.00. The third-order valence-electron chi connectivity index (χ3n) is 4.25. The van der Waals surface area contributed by atoms with Gasteiger partial charge in [-0.2, -0.15) is 8.42 Å². The number of fused-ring (bicyclic) bond motifs is 1. The molecule has 25 heavy (non-hydrogen) atoms. The van der Waals surface area contributed by atoms with Gasteiger partial charge < -0.3 is 5.11 Å². The van der Waals surface area contributed by atoms with Gasteiger partial charge in [0.2, 0.25) is 0 Å². The average molecular weight is 361 g/mol. The van der Waals surface area contributed by atoms with Gasteiger partial charge >= 0.3 is 0 Å². The Morgan fingerprint density at radius 2 is 1.80 bits per heavy atom. The number of hydrogen-bond donors (Lipinski definition) is 1. The molecule has 1 N–H and O–H groups in total. The molecule has 0 radical (unpaired) electrons. The van der Waals surface area contributed by atoms with E-state index in [1.165, 1.54) is 16.9 Å². The SMILES string of the molecule is CCC(C)c1cc(S(=O)(=O)OC)cc(-n2nc3ccccc3n2)c1O. The van der Waals surface area contributed by atoms with Crippen LogP contribution in [0, 0.1) is 0 Å². The molecule has 0 aliphatic carbocycles.